The molecule has 0 unspecified atom stereocenters. The minimum absolute atomic E-state index is 0.547. The normalized spacial score (nSPS) is 11.3. The first kappa shape index (κ1) is 12.1. The monoisotopic (exact) mass is 238 g/mol. The van der Waals surface area contributed by atoms with E-state index in [2.05, 4.69) is 20.5 Å². The Hall–Kier alpha value is -2.36. The van der Waals surface area contributed by atoms with Crippen molar-refractivity contribution >= 4 is 11.4 Å². The lowest BCUT2D eigenvalue weighted by Crippen LogP contribution is -1.82. The molecule has 90 valence electrons. The van der Waals surface area contributed by atoms with Crippen molar-refractivity contribution in [1.29, 1.82) is 0 Å². The zero-order valence-corrected chi connectivity index (χ0v) is 9.98. The van der Waals surface area contributed by atoms with E-state index in [1.165, 1.54) is 0 Å². The van der Waals surface area contributed by atoms with Crippen molar-refractivity contribution in [2.75, 3.05) is 13.1 Å². The molecule has 0 amide bonds. The van der Waals surface area contributed by atoms with E-state index in [0.717, 1.165) is 11.4 Å². The largest absolute Gasteiger partial charge is 0.187 e. The van der Waals surface area contributed by atoms with E-state index in [-0.39, 0.29) is 0 Å². The number of rotatable bonds is 5. The third-order valence-electron chi connectivity index (χ3n) is 2.18. The van der Waals surface area contributed by atoms with Crippen LogP contribution < -0.4 is 0 Å². The topological polar surface area (TPSA) is 49.4 Å². The van der Waals surface area contributed by atoms with Gasteiger partial charge in [0.25, 0.3) is 0 Å². The second-order valence-electron chi connectivity index (χ2n) is 3.60. The molecule has 2 aromatic rings. The molecule has 0 N–H and O–H groups in total. The van der Waals surface area contributed by atoms with Gasteiger partial charge in [-0.25, -0.2) is 0 Å². The highest BCUT2D eigenvalue weighted by Gasteiger charge is 1.86. The molecule has 0 bridgehead atoms. The molecule has 0 atom stereocenters. The van der Waals surface area contributed by atoms with Gasteiger partial charge in [-0.3, -0.25) is 0 Å². The van der Waals surface area contributed by atoms with E-state index in [1.54, 1.807) is 0 Å². The summed E-state index contributed by atoms with van der Waals surface area (Å²) in [7, 11) is 0. The first-order chi connectivity index (χ1) is 8.95. The fourth-order valence-corrected chi connectivity index (χ4v) is 1.34. The average Bonchev–Trinajstić information content (AvgIpc) is 2.45. The van der Waals surface area contributed by atoms with Gasteiger partial charge in [-0.2, -0.15) is 20.5 Å². The van der Waals surface area contributed by atoms with Crippen molar-refractivity contribution in [2.45, 2.75) is 0 Å². The maximum Gasteiger partial charge on any atom is 0.0852 e. The fraction of sp³-hybridized carbons (Fsp3) is 0.143. The standard InChI is InChI=1S/C14H14N4/c1-3-7-13(8-4-1)17-15-11-12-16-18-14-9-5-2-6-10-14/h1-10H,11-12H2. The summed E-state index contributed by atoms with van der Waals surface area (Å²) in [6.45, 7) is 1.09. The molecule has 0 aliphatic heterocycles. The highest BCUT2D eigenvalue weighted by Crippen LogP contribution is 2.11. The van der Waals surface area contributed by atoms with E-state index in [0.29, 0.717) is 13.1 Å². The molecule has 0 aliphatic carbocycles. The molecule has 0 fully saturated rings. The fourth-order valence-electron chi connectivity index (χ4n) is 1.34. The molecule has 2 rings (SSSR count). The summed E-state index contributed by atoms with van der Waals surface area (Å²) in [6, 6.07) is 19.3. The highest BCUT2D eigenvalue weighted by molar-refractivity contribution is 5.35. The van der Waals surface area contributed by atoms with Crippen LogP contribution in [-0.4, -0.2) is 13.1 Å². The van der Waals surface area contributed by atoms with Crippen LogP contribution in [0.25, 0.3) is 0 Å². The van der Waals surface area contributed by atoms with Gasteiger partial charge in [-0.1, -0.05) is 36.4 Å². The van der Waals surface area contributed by atoms with E-state index in [1.807, 2.05) is 60.7 Å². The summed E-state index contributed by atoms with van der Waals surface area (Å²) in [4.78, 5) is 0. The van der Waals surface area contributed by atoms with E-state index in [9.17, 15) is 0 Å². The summed E-state index contributed by atoms with van der Waals surface area (Å²) in [5.41, 5.74) is 1.72. The smallest absolute Gasteiger partial charge is 0.0852 e. The van der Waals surface area contributed by atoms with E-state index >= 15 is 0 Å². The Morgan fingerprint density at radius 3 is 1.33 bits per heavy atom. The van der Waals surface area contributed by atoms with Gasteiger partial charge in [0.05, 0.1) is 24.5 Å². The number of hydrogen-bond donors (Lipinski definition) is 0. The lowest BCUT2D eigenvalue weighted by molar-refractivity contribution is 0.870. The minimum Gasteiger partial charge on any atom is -0.187 e. The quantitative estimate of drug-likeness (QED) is 0.542. The Morgan fingerprint density at radius 1 is 0.556 bits per heavy atom. The van der Waals surface area contributed by atoms with Crippen LogP contribution in [0, 0.1) is 0 Å². The molecular weight excluding hydrogens is 224 g/mol. The second-order valence-corrected chi connectivity index (χ2v) is 3.60. The van der Waals surface area contributed by atoms with Crippen LogP contribution in [0.4, 0.5) is 11.4 Å². The van der Waals surface area contributed by atoms with Gasteiger partial charge < -0.3 is 0 Å². The van der Waals surface area contributed by atoms with Crippen molar-refractivity contribution in [2.24, 2.45) is 20.5 Å². The molecule has 2 aromatic carbocycles. The first-order valence-electron chi connectivity index (χ1n) is 5.80. The SMILES string of the molecule is c1ccc(N=NCCN=Nc2ccccc2)cc1. The van der Waals surface area contributed by atoms with Crippen molar-refractivity contribution in [3.63, 3.8) is 0 Å². The average molecular weight is 238 g/mol. The Balaban J connectivity index is 1.73. The molecule has 0 radical (unpaired) electrons. The Morgan fingerprint density at radius 2 is 0.944 bits per heavy atom. The van der Waals surface area contributed by atoms with Gasteiger partial charge in [0.2, 0.25) is 0 Å². The zero-order valence-electron chi connectivity index (χ0n) is 9.98. The summed E-state index contributed by atoms with van der Waals surface area (Å²) >= 11 is 0. The van der Waals surface area contributed by atoms with Crippen LogP contribution in [0.2, 0.25) is 0 Å². The van der Waals surface area contributed by atoms with Crippen LogP contribution in [0.5, 0.6) is 0 Å². The van der Waals surface area contributed by atoms with Gasteiger partial charge in [0.1, 0.15) is 0 Å². The summed E-state index contributed by atoms with van der Waals surface area (Å²) in [5, 5.41) is 16.2. The molecule has 0 heterocycles. The lowest BCUT2D eigenvalue weighted by atomic mass is 10.3. The molecule has 0 saturated carbocycles. The van der Waals surface area contributed by atoms with Gasteiger partial charge in [-0.05, 0) is 24.3 Å². The summed E-state index contributed by atoms with van der Waals surface area (Å²) < 4.78 is 0. The maximum absolute atomic E-state index is 4.07. The third-order valence-corrected chi connectivity index (χ3v) is 2.18. The van der Waals surface area contributed by atoms with Gasteiger partial charge in [-0.15, -0.1) is 0 Å². The van der Waals surface area contributed by atoms with Crippen LogP contribution in [-0.2, 0) is 0 Å². The Bertz CT molecular complexity index is 456. The molecule has 0 aromatic heterocycles. The second kappa shape index (κ2) is 7.06. The Labute approximate surface area is 106 Å². The third kappa shape index (κ3) is 4.25. The van der Waals surface area contributed by atoms with Gasteiger partial charge in [0, 0.05) is 0 Å². The first-order valence-corrected chi connectivity index (χ1v) is 5.80. The molecule has 0 saturated heterocycles. The number of hydrogen-bond acceptors (Lipinski definition) is 4. The summed E-state index contributed by atoms with van der Waals surface area (Å²) in [6.07, 6.45) is 0. The molecule has 4 nitrogen and oxygen atoms in total. The zero-order chi connectivity index (χ0) is 12.5. The van der Waals surface area contributed by atoms with Crippen molar-refractivity contribution in [1.82, 2.24) is 0 Å². The summed E-state index contributed by atoms with van der Waals surface area (Å²) in [5.74, 6) is 0. The van der Waals surface area contributed by atoms with Crippen molar-refractivity contribution < 1.29 is 0 Å². The molecule has 0 aliphatic rings. The van der Waals surface area contributed by atoms with Crippen molar-refractivity contribution in [3.8, 4) is 0 Å². The lowest BCUT2D eigenvalue weighted by Gasteiger charge is -1.91. The van der Waals surface area contributed by atoms with Crippen molar-refractivity contribution in [3.05, 3.63) is 60.7 Å². The Kier molecular flexibility index (Phi) is 4.75. The van der Waals surface area contributed by atoms with Crippen LogP contribution in [0.1, 0.15) is 0 Å². The van der Waals surface area contributed by atoms with Gasteiger partial charge >= 0.3 is 0 Å². The predicted molar refractivity (Wildman–Crippen MR) is 71.7 cm³/mol. The van der Waals surface area contributed by atoms with E-state index in [4.69, 9.17) is 0 Å². The predicted octanol–water partition coefficient (Wildman–Crippen LogP) is 4.55. The number of benzene rings is 2. The number of azo groups is 2. The van der Waals surface area contributed by atoms with Crippen LogP contribution >= 0.6 is 0 Å². The van der Waals surface area contributed by atoms with E-state index < -0.39 is 0 Å². The molecule has 0 spiro atoms. The van der Waals surface area contributed by atoms with Crippen LogP contribution in [0.15, 0.2) is 81.1 Å². The van der Waals surface area contributed by atoms with Crippen LogP contribution in [0.3, 0.4) is 0 Å². The maximum atomic E-state index is 4.07. The molecular formula is C14H14N4. The molecule has 18 heavy (non-hydrogen) atoms. The molecule has 4 heteroatoms. The minimum atomic E-state index is 0.547. The highest BCUT2D eigenvalue weighted by atomic mass is 15.1. The number of nitrogens with zero attached hydrogens (tertiary/aromatic N) is 4. The van der Waals surface area contributed by atoms with Gasteiger partial charge in [0.15, 0.2) is 0 Å².